The van der Waals surface area contributed by atoms with Gasteiger partial charge in [-0.1, -0.05) is 0 Å². The molecule has 0 bridgehead atoms. The van der Waals surface area contributed by atoms with Crippen LogP contribution in [0, 0.1) is 0 Å². The predicted octanol–water partition coefficient (Wildman–Crippen LogP) is -2.92. The molecule has 0 atom stereocenters. The minimum absolute atomic E-state index is 0. The molecule has 0 aliphatic heterocycles. The number of hydrogen-bond donors (Lipinski definition) is 6. The van der Waals surface area contributed by atoms with Crippen LogP contribution in [0.25, 0.3) is 0 Å². The van der Waals surface area contributed by atoms with Crippen LogP contribution in [0.4, 0.5) is 0 Å². The molecule has 0 amide bonds. The van der Waals surface area contributed by atoms with Gasteiger partial charge in [0.2, 0.25) is 0 Å². The van der Waals surface area contributed by atoms with Gasteiger partial charge in [0, 0.05) is 50.3 Å². The summed E-state index contributed by atoms with van der Waals surface area (Å²) in [4.78, 5) is 62.5. The van der Waals surface area contributed by atoms with Gasteiger partial charge in [-0.2, -0.15) is 0 Å². The minimum Gasteiger partial charge on any atom is -0.480 e. The van der Waals surface area contributed by atoms with Gasteiger partial charge in [0.15, 0.2) is 0 Å². The average molecular weight is 559 g/mol. The van der Waals surface area contributed by atoms with Gasteiger partial charge in [-0.05, 0) is 0 Å². The molecule has 3 radical (unpaired) electrons. The number of carboxylic acid groups (broad SMARTS) is 6. The van der Waals surface area contributed by atoms with Crippen molar-refractivity contribution in [1.82, 2.24) is 9.80 Å². The van der Waals surface area contributed by atoms with Crippen molar-refractivity contribution in [2.75, 3.05) is 39.3 Å². The Morgan fingerprint density at radius 1 is 0.379 bits per heavy atom. The zero-order valence-electron chi connectivity index (χ0n) is 14.3. The molecular formula is C12H18Co3N2O12. The molecule has 0 aromatic carbocycles. The van der Waals surface area contributed by atoms with Crippen molar-refractivity contribution in [2.24, 2.45) is 0 Å². The van der Waals surface area contributed by atoms with Gasteiger partial charge in [-0.15, -0.1) is 0 Å². The molecule has 14 nitrogen and oxygen atoms in total. The molecule has 17 heteroatoms. The summed E-state index contributed by atoms with van der Waals surface area (Å²) in [7, 11) is 0. The van der Waals surface area contributed by atoms with Crippen molar-refractivity contribution < 1.29 is 110 Å². The third-order valence-corrected chi connectivity index (χ3v) is 2.15. The van der Waals surface area contributed by atoms with E-state index in [1.54, 1.807) is 0 Å². The summed E-state index contributed by atoms with van der Waals surface area (Å²) in [5.74, 6) is -7.57. The summed E-state index contributed by atoms with van der Waals surface area (Å²) in [6.07, 6.45) is 0. The van der Waals surface area contributed by atoms with Crippen LogP contribution < -0.4 is 0 Å². The molecule has 0 rings (SSSR count). The first-order valence-electron chi connectivity index (χ1n) is 6.59. The zero-order valence-corrected chi connectivity index (χ0v) is 17.4. The predicted molar refractivity (Wildman–Crippen MR) is 78.7 cm³/mol. The van der Waals surface area contributed by atoms with E-state index in [1.165, 1.54) is 0 Å². The first-order valence-corrected chi connectivity index (χ1v) is 6.59. The fourth-order valence-electron chi connectivity index (χ4n) is 1.48. The second kappa shape index (κ2) is 21.0. The standard InChI is InChI=1S/2C6H9NO6.3Co/c2*8-4(9)1-7(2-5(10)11)3-6(12)13;;;/h2*1-3H2,(H,8,9)(H,10,11)(H,12,13);;;. The Morgan fingerprint density at radius 2 is 0.483 bits per heavy atom. The second-order valence-corrected chi connectivity index (χ2v) is 4.65. The molecule has 0 aromatic rings. The molecule has 0 fully saturated rings. The van der Waals surface area contributed by atoms with Gasteiger partial charge in [0.1, 0.15) is 0 Å². The smallest absolute Gasteiger partial charge is 0.317 e. The van der Waals surface area contributed by atoms with Crippen molar-refractivity contribution in [1.29, 1.82) is 0 Å². The van der Waals surface area contributed by atoms with Crippen molar-refractivity contribution in [3.8, 4) is 0 Å². The van der Waals surface area contributed by atoms with E-state index < -0.39 is 75.1 Å². The Bertz CT molecular complexity index is 436. The molecule has 0 aromatic heterocycles. The van der Waals surface area contributed by atoms with Crippen molar-refractivity contribution in [3.05, 3.63) is 0 Å². The maximum absolute atomic E-state index is 10.1. The van der Waals surface area contributed by atoms with Gasteiger partial charge in [0.05, 0.1) is 39.3 Å². The number of carbonyl (C=O) groups is 6. The molecule has 29 heavy (non-hydrogen) atoms. The molecular weight excluding hydrogens is 541 g/mol. The summed E-state index contributed by atoms with van der Waals surface area (Å²) in [5, 5.41) is 49.7. The average Bonchev–Trinajstić information content (AvgIpc) is 2.33. The SMILES string of the molecule is O=C(O)CN(CC(=O)O)CC(=O)O.O=C(O)CN(CC(=O)O)CC(=O)O.[Co].[Co].[Co]. The third-order valence-electron chi connectivity index (χ3n) is 2.15. The van der Waals surface area contributed by atoms with Gasteiger partial charge in [-0.25, -0.2) is 0 Å². The van der Waals surface area contributed by atoms with Crippen LogP contribution in [0.15, 0.2) is 0 Å². The van der Waals surface area contributed by atoms with Crippen LogP contribution in [0.5, 0.6) is 0 Å². The quantitative estimate of drug-likeness (QED) is 0.141. The summed E-state index contributed by atoms with van der Waals surface area (Å²) >= 11 is 0. The minimum atomic E-state index is -1.26. The van der Waals surface area contributed by atoms with Crippen LogP contribution >= 0.6 is 0 Å². The maximum atomic E-state index is 10.1. The van der Waals surface area contributed by atoms with Gasteiger partial charge < -0.3 is 30.6 Å². The Morgan fingerprint density at radius 3 is 0.552 bits per heavy atom. The summed E-state index contributed by atoms with van der Waals surface area (Å²) < 4.78 is 0. The fourth-order valence-corrected chi connectivity index (χ4v) is 1.48. The van der Waals surface area contributed by atoms with Gasteiger partial charge in [0.25, 0.3) is 0 Å². The summed E-state index contributed by atoms with van der Waals surface area (Å²) in [6, 6.07) is 0. The van der Waals surface area contributed by atoms with Crippen LogP contribution in [-0.4, -0.2) is 116 Å². The molecule has 0 spiro atoms. The van der Waals surface area contributed by atoms with Crippen LogP contribution in [0.2, 0.25) is 0 Å². The molecule has 0 aliphatic carbocycles. The van der Waals surface area contributed by atoms with E-state index in [4.69, 9.17) is 30.6 Å². The molecule has 0 unspecified atom stereocenters. The zero-order chi connectivity index (χ0) is 20.9. The monoisotopic (exact) mass is 559 g/mol. The molecule has 175 valence electrons. The largest absolute Gasteiger partial charge is 0.480 e. The van der Waals surface area contributed by atoms with E-state index in [0.717, 1.165) is 9.80 Å². The van der Waals surface area contributed by atoms with E-state index in [2.05, 4.69) is 0 Å². The maximum Gasteiger partial charge on any atom is 0.317 e. The molecule has 0 aliphatic rings. The number of hydrogen-bond acceptors (Lipinski definition) is 8. The molecule has 0 saturated heterocycles. The van der Waals surface area contributed by atoms with E-state index in [1.807, 2.05) is 0 Å². The van der Waals surface area contributed by atoms with Crippen LogP contribution in [0.3, 0.4) is 0 Å². The Kier molecular flexibility index (Phi) is 27.4. The first-order chi connectivity index (χ1) is 11.8. The Labute approximate surface area is 194 Å². The number of nitrogens with zero attached hydrogens (tertiary/aromatic N) is 2. The van der Waals surface area contributed by atoms with E-state index in [-0.39, 0.29) is 50.3 Å². The van der Waals surface area contributed by atoms with E-state index in [0.29, 0.717) is 0 Å². The number of aliphatic carboxylic acids is 6. The number of carboxylic acids is 6. The van der Waals surface area contributed by atoms with Crippen LogP contribution in [0.1, 0.15) is 0 Å². The summed E-state index contributed by atoms with van der Waals surface area (Å²) in [5.41, 5.74) is 0. The first kappa shape index (κ1) is 37.9. The fraction of sp³-hybridized carbons (Fsp3) is 0.500. The Balaban J connectivity index is -0.000000120. The molecule has 0 saturated carbocycles. The van der Waals surface area contributed by atoms with Crippen molar-refractivity contribution in [3.63, 3.8) is 0 Å². The van der Waals surface area contributed by atoms with Gasteiger partial charge >= 0.3 is 35.8 Å². The third kappa shape index (κ3) is 31.2. The van der Waals surface area contributed by atoms with E-state index >= 15 is 0 Å². The molecule has 0 heterocycles. The topological polar surface area (TPSA) is 230 Å². The van der Waals surface area contributed by atoms with Crippen molar-refractivity contribution >= 4 is 35.8 Å². The van der Waals surface area contributed by atoms with Crippen LogP contribution in [-0.2, 0) is 79.1 Å². The molecule has 6 N–H and O–H groups in total. The summed E-state index contributed by atoms with van der Waals surface area (Å²) in [6.45, 7) is -3.59. The second-order valence-electron chi connectivity index (χ2n) is 4.65. The normalized spacial score (nSPS) is 8.90. The number of rotatable bonds is 12. The van der Waals surface area contributed by atoms with E-state index in [9.17, 15) is 28.8 Å². The Hall–Kier alpha value is -1.74. The van der Waals surface area contributed by atoms with Crippen molar-refractivity contribution in [2.45, 2.75) is 0 Å². The van der Waals surface area contributed by atoms with Gasteiger partial charge in [-0.3, -0.25) is 38.6 Å².